The highest BCUT2D eigenvalue weighted by Gasteiger charge is 2.51. The largest absolute Gasteiger partial charge is 0.414 e. The summed E-state index contributed by atoms with van der Waals surface area (Å²) in [7, 11) is -1.79. The third-order valence-electron chi connectivity index (χ3n) is 5.58. The Labute approximate surface area is 117 Å². The number of carbonyl (C=O) groups is 1. The Morgan fingerprint density at radius 1 is 1.32 bits per heavy atom. The van der Waals surface area contributed by atoms with E-state index in [1.165, 1.54) is 0 Å². The number of carbonyl (C=O) groups excluding carboxylic acids is 1. The quantitative estimate of drug-likeness (QED) is 0.810. The van der Waals surface area contributed by atoms with E-state index in [0.29, 0.717) is 30.5 Å². The maximum absolute atomic E-state index is 11.6. The molecule has 2 fully saturated rings. The zero-order chi connectivity index (χ0) is 14.4. The summed E-state index contributed by atoms with van der Waals surface area (Å²) < 4.78 is 6.51. The highest BCUT2D eigenvalue weighted by atomic mass is 28.4. The molecular weight excluding hydrogens is 256 g/mol. The number of aliphatic hydroxyl groups is 1. The van der Waals surface area contributed by atoms with Crippen LogP contribution in [-0.2, 0) is 9.22 Å². The SMILES string of the molecule is CC(C)(C)[Si](C)(C)O[C@@H]1C[C@@H]2CC(=O)C[C@H]2[C@H]1CO. The van der Waals surface area contributed by atoms with Gasteiger partial charge in [0.2, 0.25) is 0 Å². The summed E-state index contributed by atoms with van der Waals surface area (Å²) in [5.74, 6) is 1.37. The molecule has 2 rings (SSSR count). The van der Waals surface area contributed by atoms with Crippen molar-refractivity contribution < 1.29 is 14.3 Å². The Kier molecular flexibility index (Phi) is 3.98. The van der Waals surface area contributed by atoms with Gasteiger partial charge in [0.15, 0.2) is 8.32 Å². The van der Waals surface area contributed by atoms with Crippen LogP contribution in [0.1, 0.15) is 40.0 Å². The lowest BCUT2D eigenvalue weighted by molar-refractivity contribution is -0.118. The molecule has 0 aromatic carbocycles. The molecule has 0 saturated heterocycles. The smallest absolute Gasteiger partial charge is 0.192 e. The Bertz CT molecular complexity index is 359. The molecule has 2 aliphatic carbocycles. The predicted molar refractivity (Wildman–Crippen MR) is 78.5 cm³/mol. The molecule has 0 aromatic rings. The van der Waals surface area contributed by atoms with Crippen molar-refractivity contribution in [3.63, 3.8) is 0 Å². The average molecular weight is 284 g/mol. The number of hydrogen-bond donors (Lipinski definition) is 1. The molecule has 0 unspecified atom stereocenters. The minimum atomic E-state index is -1.79. The average Bonchev–Trinajstić information content (AvgIpc) is 2.70. The Morgan fingerprint density at radius 3 is 2.47 bits per heavy atom. The van der Waals surface area contributed by atoms with E-state index in [1.54, 1.807) is 0 Å². The summed E-state index contributed by atoms with van der Waals surface area (Å²) in [5, 5.41) is 9.89. The van der Waals surface area contributed by atoms with E-state index >= 15 is 0 Å². The van der Waals surface area contributed by atoms with Gasteiger partial charge in [-0.2, -0.15) is 0 Å². The standard InChI is InChI=1S/C15H28O3Si/c1-15(2,3)19(4,5)18-14-7-10-6-11(17)8-12(10)13(14)9-16/h10,12-14,16H,6-9H2,1-5H3/t10-,12+,13+,14+/m0/s1. The van der Waals surface area contributed by atoms with Gasteiger partial charge in [0, 0.05) is 25.4 Å². The van der Waals surface area contributed by atoms with E-state index in [0.717, 1.165) is 6.42 Å². The van der Waals surface area contributed by atoms with Gasteiger partial charge in [0.05, 0.1) is 6.10 Å². The van der Waals surface area contributed by atoms with Crippen LogP contribution >= 0.6 is 0 Å². The normalized spacial score (nSPS) is 35.8. The number of ketones is 1. The number of rotatable bonds is 3. The summed E-state index contributed by atoms with van der Waals surface area (Å²) in [6.45, 7) is 11.4. The predicted octanol–water partition coefficient (Wildman–Crippen LogP) is 2.98. The molecule has 1 N–H and O–H groups in total. The van der Waals surface area contributed by atoms with Crippen molar-refractivity contribution in [3.05, 3.63) is 0 Å². The second kappa shape index (κ2) is 4.97. The van der Waals surface area contributed by atoms with Gasteiger partial charge in [-0.3, -0.25) is 4.79 Å². The van der Waals surface area contributed by atoms with Gasteiger partial charge in [-0.05, 0) is 36.4 Å². The van der Waals surface area contributed by atoms with Gasteiger partial charge >= 0.3 is 0 Å². The molecular formula is C15H28O3Si. The Hall–Kier alpha value is -0.193. The fourth-order valence-electron chi connectivity index (χ4n) is 3.41. The number of Topliss-reactive ketones (excluding diaryl/α,β-unsaturated/α-hetero) is 1. The second-order valence-corrected chi connectivity index (χ2v) is 12.6. The maximum atomic E-state index is 11.6. The van der Waals surface area contributed by atoms with E-state index in [2.05, 4.69) is 33.9 Å². The molecule has 4 heteroatoms. The topological polar surface area (TPSA) is 46.5 Å². The maximum Gasteiger partial charge on any atom is 0.192 e. The lowest BCUT2D eigenvalue weighted by Gasteiger charge is -2.40. The number of aliphatic hydroxyl groups excluding tert-OH is 1. The molecule has 0 amide bonds. The molecule has 4 atom stereocenters. The fourth-order valence-corrected chi connectivity index (χ4v) is 4.79. The summed E-state index contributed by atoms with van der Waals surface area (Å²) in [6, 6.07) is 0. The van der Waals surface area contributed by atoms with Crippen LogP contribution in [0.4, 0.5) is 0 Å². The van der Waals surface area contributed by atoms with Crippen molar-refractivity contribution in [2.75, 3.05) is 6.61 Å². The fraction of sp³-hybridized carbons (Fsp3) is 0.933. The van der Waals surface area contributed by atoms with Crippen molar-refractivity contribution in [3.8, 4) is 0 Å². The van der Waals surface area contributed by atoms with Crippen LogP contribution in [0.2, 0.25) is 18.1 Å². The first-order valence-electron chi connectivity index (χ1n) is 7.46. The van der Waals surface area contributed by atoms with E-state index in [9.17, 15) is 9.90 Å². The van der Waals surface area contributed by atoms with Crippen molar-refractivity contribution in [1.29, 1.82) is 0 Å². The Balaban J connectivity index is 2.08. The molecule has 0 heterocycles. The highest BCUT2D eigenvalue weighted by molar-refractivity contribution is 6.74. The van der Waals surface area contributed by atoms with E-state index in [-0.39, 0.29) is 23.7 Å². The zero-order valence-electron chi connectivity index (χ0n) is 12.9. The molecule has 0 aliphatic heterocycles. The molecule has 2 aliphatic rings. The minimum absolute atomic E-state index is 0.160. The zero-order valence-corrected chi connectivity index (χ0v) is 13.9. The monoisotopic (exact) mass is 284 g/mol. The van der Waals surface area contributed by atoms with Gasteiger partial charge in [0.1, 0.15) is 5.78 Å². The molecule has 19 heavy (non-hydrogen) atoms. The molecule has 0 spiro atoms. The van der Waals surface area contributed by atoms with Crippen LogP contribution in [0, 0.1) is 17.8 Å². The molecule has 0 radical (unpaired) electrons. The van der Waals surface area contributed by atoms with Crippen LogP contribution in [0.25, 0.3) is 0 Å². The van der Waals surface area contributed by atoms with Crippen LogP contribution in [-0.4, -0.2) is 31.9 Å². The first-order valence-corrected chi connectivity index (χ1v) is 10.4. The van der Waals surface area contributed by atoms with Crippen molar-refractivity contribution in [2.45, 2.75) is 64.3 Å². The Morgan fingerprint density at radius 2 is 1.95 bits per heavy atom. The summed E-state index contributed by atoms with van der Waals surface area (Å²) in [6.07, 6.45) is 2.49. The van der Waals surface area contributed by atoms with Gasteiger partial charge in [-0.15, -0.1) is 0 Å². The summed E-state index contributed by atoms with van der Waals surface area (Å²) >= 11 is 0. The van der Waals surface area contributed by atoms with Crippen molar-refractivity contribution in [2.24, 2.45) is 17.8 Å². The van der Waals surface area contributed by atoms with Gasteiger partial charge in [-0.1, -0.05) is 20.8 Å². The summed E-state index contributed by atoms with van der Waals surface area (Å²) in [5.41, 5.74) is 0. The number of hydrogen-bond acceptors (Lipinski definition) is 3. The molecule has 2 saturated carbocycles. The van der Waals surface area contributed by atoms with Crippen LogP contribution < -0.4 is 0 Å². The lowest BCUT2D eigenvalue weighted by Crippen LogP contribution is -2.45. The third-order valence-corrected chi connectivity index (χ3v) is 10.1. The van der Waals surface area contributed by atoms with Gasteiger partial charge < -0.3 is 9.53 Å². The van der Waals surface area contributed by atoms with E-state index in [1.807, 2.05) is 0 Å². The van der Waals surface area contributed by atoms with Crippen LogP contribution in [0.15, 0.2) is 0 Å². The molecule has 0 bridgehead atoms. The first-order chi connectivity index (χ1) is 8.65. The van der Waals surface area contributed by atoms with E-state index in [4.69, 9.17) is 4.43 Å². The van der Waals surface area contributed by atoms with Crippen LogP contribution in [0.3, 0.4) is 0 Å². The first kappa shape index (κ1) is 15.2. The second-order valence-electron chi connectivity index (χ2n) is 7.87. The molecule has 110 valence electrons. The lowest BCUT2D eigenvalue weighted by atomic mass is 9.92. The minimum Gasteiger partial charge on any atom is -0.414 e. The van der Waals surface area contributed by atoms with Gasteiger partial charge in [-0.25, -0.2) is 0 Å². The van der Waals surface area contributed by atoms with Gasteiger partial charge in [0.25, 0.3) is 0 Å². The highest BCUT2D eigenvalue weighted by Crippen LogP contribution is 2.49. The van der Waals surface area contributed by atoms with Crippen LogP contribution in [0.5, 0.6) is 0 Å². The third kappa shape index (κ3) is 2.81. The molecule has 0 aromatic heterocycles. The van der Waals surface area contributed by atoms with Crippen molar-refractivity contribution in [1.82, 2.24) is 0 Å². The summed E-state index contributed by atoms with van der Waals surface area (Å²) in [4.78, 5) is 11.6. The van der Waals surface area contributed by atoms with Crippen molar-refractivity contribution >= 4 is 14.1 Å². The molecule has 3 nitrogen and oxygen atoms in total. The number of fused-ring (bicyclic) bond motifs is 1. The van der Waals surface area contributed by atoms with E-state index < -0.39 is 8.32 Å².